The van der Waals surface area contributed by atoms with Crippen LogP contribution in [0.1, 0.15) is 154 Å². The average Bonchev–Trinajstić information content (AvgIpc) is 3.47. The summed E-state index contributed by atoms with van der Waals surface area (Å²) in [7, 11) is 0. The van der Waals surface area contributed by atoms with Crippen molar-refractivity contribution in [3.63, 3.8) is 0 Å². The normalized spacial score (nSPS) is 33.8. The molecular weight excluding hydrogens is 876 g/mol. The predicted molar refractivity (Wildman–Crippen MR) is 280 cm³/mol. The van der Waals surface area contributed by atoms with Gasteiger partial charge in [-0.15, -0.1) is 0 Å². The van der Waals surface area contributed by atoms with Crippen molar-refractivity contribution in [3.05, 3.63) is 141 Å². The number of ketones is 2. The summed E-state index contributed by atoms with van der Waals surface area (Å²) < 4.78 is 30.3. The highest BCUT2D eigenvalue weighted by atomic mass is 19.1. The van der Waals surface area contributed by atoms with E-state index in [1.165, 1.54) is 59.4 Å². The number of fused-ring (bicyclic) bond motifs is 5. The van der Waals surface area contributed by atoms with Gasteiger partial charge >= 0.3 is 11.9 Å². The van der Waals surface area contributed by atoms with E-state index in [0.717, 1.165) is 36.8 Å². The van der Waals surface area contributed by atoms with E-state index < -0.39 is 70.3 Å². The van der Waals surface area contributed by atoms with Gasteiger partial charge in [0.15, 0.2) is 23.7 Å². The van der Waals surface area contributed by atoms with E-state index in [-0.39, 0.29) is 23.0 Å². The molecule has 6 aliphatic carbocycles. The molecular formula is C62H81FO7. The van der Waals surface area contributed by atoms with Crippen molar-refractivity contribution in [3.8, 4) is 0 Å². The maximum absolute atomic E-state index is 18.2. The number of Topliss-reactive ketones (excluding diaryl/α,β-unsaturated/α-hetero) is 1. The highest BCUT2D eigenvalue weighted by molar-refractivity contribution is 6.01. The fourth-order valence-corrected chi connectivity index (χ4v) is 13.6. The van der Waals surface area contributed by atoms with E-state index in [2.05, 4.69) is 65.8 Å². The monoisotopic (exact) mass is 957 g/mol. The number of hydrogen-bond donors (Lipinski definition) is 1. The largest absolute Gasteiger partial charge is 0.454 e. The number of ether oxygens (including phenoxy) is 2. The van der Waals surface area contributed by atoms with E-state index >= 15 is 4.39 Å². The average molecular weight is 957 g/mol. The molecule has 0 radical (unpaired) electrons. The lowest BCUT2D eigenvalue weighted by Gasteiger charge is -2.62. The van der Waals surface area contributed by atoms with Gasteiger partial charge in [-0.05, 0) is 164 Å². The smallest absolute Gasteiger partial charge is 0.332 e. The zero-order chi connectivity index (χ0) is 51.6. The van der Waals surface area contributed by atoms with Crippen LogP contribution >= 0.6 is 0 Å². The first-order valence-corrected chi connectivity index (χ1v) is 25.8. The van der Waals surface area contributed by atoms with Crippen LogP contribution in [0.5, 0.6) is 0 Å². The number of carbonyl (C=O) groups is 4. The minimum Gasteiger partial charge on any atom is -0.454 e. The topological polar surface area (TPSA) is 107 Å². The molecule has 1 N–H and O–H groups in total. The number of alkyl halides is 1. The maximum atomic E-state index is 18.2. The molecule has 70 heavy (non-hydrogen) atoms. The van der Waals surface area contributed by atoms with E-state index in [4.69, 9.17) is 9.47 Å². The van der Waals surface area contributed by atoms with Gasteiger partial charge in [-0.3, -0.25) is 9.59 Å². The number of aliphatic hydroxyl groups is 1. The van der Waals surface area contributed by atoms with Gasteiger partial charge in [-0.2, -0.15) is 0 Å². The fourth-order valence-electron chi connectivity index (χ4n) is 13.6. The van der Waals surface area contributed by atoms with Crippen LogP contribution < -0.4 is 0 Å². The lowest BCUT2D eigenvalue weighted by atomic mass is 9.44. The second-order valence-corrected chi connectivity index (χ2v) is 23.4. The van der Waals surface area contributed by atoms with Crippen molar-refractivity contribution < 1.29 is 38.1 Å². The Morgan fingerprint density at radius 3 is 1.81 bits per heavy atom. The molecule has 3 saturated carbocycles. The first-order valence-electron chi connectivity index (χ1n) is 25.8. The third kappa shape index (κ3) is 10.6. The number of aliphatic hydroxyl groups excluding tert-OH is 1. The van der Waals surface area contributed by atoms with Gasteiger partial charge < -0.3 is 14.6 Å². The first-order chi connectivity index (χ1) is 32.7. The minimum absolute atomic E-state index is 0.129. The molecule has 0 heterocycles. The number of halogens is 1. The quantitative estimate of drug-likeness (QED) is 0.105. The zero-order valence-electron chi connectivity index (χ0n) is 44.5. The van der Waals surface area contributed by atoms with E-state index in [9.17, 15) is 24.3 Å². The molecule has 6 aliphatic rings. The molecule has 0 aromatic carbocycles. The summed E-state index contributed by atoms with van der Waals surface area (Å²) in [5.41, 5.74) is 3.34. The van der Waals surface area contributed by atoms with Crippen LogP contribution in [0.15, 0.2) is 141 Å². The molecule has 3 fully saturated rings. The standard InChI is InChI=1S/C62H81FO7/c1-40(24-27-49-44(5)22-16-31-57(49,8)9)18-14-20-42(3)34-55(67)69-39-54(66)62(70-56(68)35-43(4)21-15-19-41(2)25-28-50-45(6)23-17-32-58(50,10)11)46(7)36-52-51-29-26-47-37-48(64)30-33-59(47,12)61(51,63)53(65)38-60(52,62)13/h14-15,18-21,24-25,27-28,30,33-35,37,46,51-53,65H,16-17,22-23,26,29,31-32,36,38-39H2,1-13H3/t46-,51+,52+,53+,59+,60+,61+,62-/m1/s1. The number of hydrogen-bond acceptors (Lipinski definition) is 7. The number of esters is 2. The van der Waals surface area contributed by atoms with Gasteiger partial charge in [-0.25, -0.2) is 14.0 Å². The van der Waals surface area contributed by atoms with Crippen LogP contribution in [-0.2, 0) is 28.7 Å². The van der Waals surface area contributed by atoms with Crippen LogP contribution in [0.25, 0.3) is 0 Å². The molecule has 0 amide bonds. The van der Waals surface area contributed by atoms with Gasteiger partial charge in [0.2, 0.25) is 5.78 Å². The molecule has 6 rings (SSSR count). The van der Waals surface area contributed by atoms with E-state index in [1.807, 2.05) is 52.0 Å². The Hall–Kier alpha value is -4.95. The van der Waals surface area contributed by atoms with Crippen LogP contribution in [0.3, 0.4) is 0 Å². The van der Waals surface area contributed by atoms with Crippen molar-refractivity contribution in [2.75, 3.05) is 6.61 Å². The molecule has 378 valence electrons. The van der Waals surface area contributed by atoms with Crippen LogP contribution in [0.4, 0.5) is 4.39 Å². The Morgan fingerprint density at radius 1 is 0.757 bits per heavy atom. The summed E-state index contributed by atoms with van der Waals surface area (Å²) in [5, 5.41) is 12.1. The van der Waals surface area contributed by atoms with Crippen molar-refractivity contribution >= 4 is 23.5 Å². The third-order valence-electron chi connectivity index (χ3n) is 17.4. The summed E-state index contributed by atoms with van der Waals surface area (Å²) in [5.74, 6) is -4.15. The Morgan fingerprint density at radius 2 is 1.29 bits per heavy atom. The van der Waals surface area contributed by atoms with Crippen molar-refractivity contribution in [1.82, 2.24) is 0 Å². The maximum Gasteiger partial charge on any atom is 0.332 e. The summed E-state index contributed by atoms with van der Waals surface area (Å²) in [6.45, 7) is 25.9. The van der Waals surface area contributed by atoms with Crippen LogP contribution in [0, 0.1) is 39.4 Å². The van der Waals surface area contributed by atoms with Crippen molar-refractivity contribution in [2.45, 2.75) is 172 Å². The molecule has 0 aromatic rings. The molecule has 0 aromatic heterocycles. The highest BCUT2D eigenvalue weighted by Crippen LogP contribution is 2.71. The lowest BCUT2D eigenvalue weighted by Crippen LogP contribution is -2.70. The van der Waals surface area contributed by atoms with Gasteiger partial charge in [0, 0.05) is 34.8 Å². The van der Waals surface area contributed by atoms with E-state index in [0.29, 0.717) is 36.0 Å². The summed E-state index contributed by atoms with van der Waals surface area (Å²) in [4.78, 5) is 55.0. The Kier molecular flexibility index (Phi) is 16.3. The summed E-state index contributed by atoms with van der Waals surface area (Å²) in [6, 6.07) is 0. The molecule has 0 bridgehead atoms. The molecule has 0 spiro atoms. The lowest BCUT2D eigenvalue weighted by molar-refractivity contribution is -0.227. The fraction of sp³-hybridized carbons (Fsp3) is 0.548. The Labute approximate surface area is 419 Å². The summed E-state index contributed by atoms with van der Waals surface area (Å²) in [6.07, 6.45) is 33.4. The second-order valence-electron chi connectivity index (χ2n) is 23.4. The first kappa shape index (κ1) is 54.4. The Bertz CT molecular complexity index is 2500. The SMILES string of the molecule is CC(C=CC1=C(C)CCCC1(C)C)=CC=CC(C)=CC(=O)OCC(=O)[C@]1(OC(=O)C=C(C)C=CC=C(C)C=CC2=C(C)CCCC2(C)C)[C@H](C)C[C@H]2[C@@H]3CCC4=CC(=O)C=C[C@]4(C)[C@@]3(F)[C@@H](O)C[C@@]21C. The third-order valence-corrected chi connectivity index (χ3v) is 17.4. The summed E-state index contributed by atoms with van der Waals surface area (Å²) >= 11 is 0. The van der Waals surface area contributed by atoms with Gasteiger partial charge in [0.1, 0.15) is 0 Å². The van der Waals surface area contributed by atoms with Crippen molar-refractivity contribution in [2.24, 2.45) is 39.4 Å². The molecule has 8 heteroatoms. The molecule has 8 atom stereocenters. The number of rotatable bonds is 14. The van der Waals surface area contributed by atoms with Gasteiger partial charge in [0.25, 0.3) is 0 Å². The highest BCUT2D eigenvalue weighted by Gasteiger charge is 2.77. The zero-order valence-corrected chi connectivity index (χ0v) is 44.5. The Balaban J connectivity index is 1.23. The predicted octanol–water partition coefficient (Wildman–Crippen LogP) is 14.1. The molecule has 7 nitrogen and oxygen atoms in total. The van der Waals surface area contributed by atoms with Crippen molar-refractivity contribution in [1.29, 1.82) is 0 Å². The second kappa shape index (κ2) is 21.0. The van der Waals surface area contributed by atoms with Gasteiger partial charge in [-0.1, -0.05) is 136 Å². The minimum atomic E-state index is -2.15. The molecule has 0 saturated heterocycles. The van der Waals surface area contributed by atoms with Crippen LogP contribution in [0.2, 0.25) is 0 Å². The van der Waals surface area contributed by atoms with Crippen LogP contribution in [-0.4, -0.2) is 52.6 Å². The van der Waals surface area contributed by atoms with Gasteiger partial charge in [0.05, 0.1) is 6.10 Å². The molecule has 0 aliphatic heterocycles. The van der Waals surface area contributed by atoms with E-state index in [1.54, 1.807) is 39.0 Å². The number of allylic oxidation sites excluding steroid dienone is 22. The number of carbonyl (C=O) groups excluding carboxylic acids is 4. The molecule has 0 unspecified atom stereocenters.